The summed E-state index contributed by atoms with van der Waals surface area (Å²) in [5.74, 6) is 0.356. The van der Waals surface area contributed by atoms with E-state index in [-0.39, 0.29) is 5.57 Å². The normalized spacial score (nSPS) is 11.2. The van der Waals surface area contributed by atoms with Gasteiger partial charge in [-0.2, -0.15) is 10.4 Å². The highest BCUT2D eigenvalue weighted by Crippen LogP contribution is 2.27. The van der Waals surface area contributed by atoms with E-state index in [1.165, 1.54) is 19.3 Å². The number of nitriles is 1. The Morgan fingerprint density at radius 2 is 1.86 bits per heavy atom. The van der Waals surface area contributed by atoms with Crippen molar-refractivity contribution in [3.8, 4) is 28.8 Å². The Balaban J connectivity index is 1.88. The van der Waals surface area contributed by atoms with Crippen molar-refractivity contribution in [1.29, 1.82) is 5.26 Å². The summed E-state index contributed by atoms with van der Waals surface area (Å²) in [6, 6.07) is 19.4. The molecule has 0 aliphatic rings. The van der Waals surface area contributed by atoms with E-state index in [9.17, 15) is 10.1 Å². The van der Waals surface area contributed by atoms with Crippen LogP contribution >= 0.6 is 0 Å². The zero-order valence-corrected chi connectivity index (χ0v) is 20.4. The first-order chi connectivity index (χ1) is 17.2. The first-order valence-corrected chi connectivity index (χ1v) is 11.9. The number of carbonyl (C=O) groups is 1. The number of benzene rings is 2. The topological polar surface area (TPSA) is 89.2 Å². The molecule has 3 aromatic rings. The van der Waals surface area contributed by atoms with Crippen molar-refractivity contribution in [2.24, 2.45) is 0 Å². The van der Waals surface area contributed by atoms with E-state index in [0.717, 1.165) is 23.4 Å². The van der Waals surface area contributed by atoms with Crippen LogP contribution in [0.2, 0.25) is 0 Å². The Labute approximate surface area is 207 Å². The van der Waals surface area contributed by atoms with Gasteiger partial charge in [-0.25, -0.2) is 4.68 Å². The SMILES string of the molecule is CCCCCCOc1ccc(-c2nn(-c3ccccc3)cc2C=C(C#N)C(=O)NCCOC)cc1. The molecule has 1 heterocycles. The van der Waals surface area contributed by atoms with E-state index in [2.05, 4.69) is 12.2 Å². The lowest BCUT2D eigenvalue weighted by Crippen LogP contribution is -2.27. The fourth-order valence-electron chi connectivity index (χ4n) is 3.52. The predicted octanol–water partition coefficient (Wildman–Crippen LogP) is 5.17. The van der Waals surface area contributed by atoms with Gasteiger partial charge in [0, 0.05) is 31.0 Å². The summed E-state index contributed by atoms with van der Waals surface area (Å²) >= 11 is 0. The smallest absolute Gasteiger partial charge is 0.262 e. The number of carbonyl (C=O) groups excluding carboxylic acids is 1. The van der Waals surface area contributed by atoms with Crippen LogP contribution in [0.3, 0.4) is 0 Å². The van der Waals surface area contributed by atoms with Gasteiger partial charge >= 0.3 is 0 Å². The van der Waals surface area contributed by atoms with Crippen molar-refractivity contribution in [3.63, 3.8) is 0 Å². The molecular weight excluding hydrogens is 440 g/mol. The maximum atomic E-state index is 12.5. The number of rotatable bonds is 13. The van der Waals surface area contributed by atoms with Crippen LogP contribution in [0.4, 0.5) is 0 Å². The average molecular weight is 473 g/mol. The van der Waals surface area contributed by atoms with Gasteiger partial charge < -0.3 is 14.8 Å². The summed E-state index contributed by atoms with van der Waals surface area (Å²) in [5, 5.41) is 17.1. The summed E-state index contributed by atoms with van der Waals surface area (Å²) in [7, 11) is 1.56. The van der Waals surface area contributed by atoms with Gasteiger partial charge in [-0.05, 0) is 48.9 Å². The van der Waals surface area contributed by atoms with Gasteiger partial charge in [0.05, 0.1) is 24.6 Å². The molecule has 3 rings (SSSR count). The fraction of sp³-hybridized carbons (Fsp3) is 0.321. The van der Waals surface area contributed by atoms with E-state index >= 15 is 0 Å². The van der Waals surface area contributed by atoms with Gasteiger partial charge in [-0.3, -0.25) is 4.79 Å². The van der Waals surface area contributed by atoms with Crippen molar-refractivity contribution in [3.05, 3.63) is 71.9 Å². The number of amides is 1. The standard InChI is InChI=1S/C28H32N4O3/c1-3-4-5-9-17-35-26-14-12-22(13-15-26)27-24(19-23(20-29)28(33)30-16-18-34-2)21-32(31-27)25-10-7-6-8-11-25/h6-8,10-15,19,21H,3-5,9,16-18H2,1-2H3,(H,30,33). The molecule has 0 saturated heterocycles. The Kier molecular flexibility index (Phi) is 10.1. The number of nitrogens with zero attached hydrogens (tertiary/aromatic N) is 3. The Hall–Kier alpha value is -3.89. The summed E-state index contributed by atoms with van der Waals surface area (Å²) in [5.41, 5.74) is 3.08. The number of hydrogen-bond acceptors (Lipinski definition) is 5. The molecule has 0 saturated carbocycles. The first kappa shape index (κ1) is 25.7. The zero-order valence-electron chi connectivity index (χ0n) is 20.4. The van der Waals surface area contributed by atoms with Crippen molar-refractivity contribution in [2.75, 3.05) is 26.9 Å². The second-order valence-corrected chi connectivity index (χ2v) is 8.07. The molecule has 7 nitrogen and oxygen atoms in total. The summed E-state index contributed by atoms with van der Waals surface area (Å²) < 4.78 is 12.6. The number of aromatic nitrogens is 2. The molecule has 2 aromatic carbocycles. The number of unbranched alkanes of at least 4 members (excludes halogenated alkanes) is 3. The van der Waals surface area contributed by atoms with E-state index in [1.807, 2.05) is 66.9 Å². The summed E-state index contributed by atoms with van der Waals surface area (Å²) in [6.07, 6.45) is 8.02. The van der Waals surface area contributed by atoms with Gasteiger partial charge in [0.25, 0.3) is 5.91 Å². The van der Waals surface area contributed by atoms with Gasteiger partial charge in [0.1, 0.15) is 17.4 Å². The highest BCUT2D eigenvalue weighted by Gasteiger charge is 2.15. The van der Waals surface area contributed by atoms with Crippen molar-refractivity contribution < 1.29 is 14.3 Å². The molecule has 0 unspecified atom stereocenters. The van der Waals surface area contributed by atoms with Crippen LogP contribution in [-0.4, -0.2) is 42.6 Å². The summed E-state index contributed by atoms with van der Waals surface area (Å²) in [6.45, 7) is 3.58. The minimum atomic E-state index is -0.449. The van der Waals surface area contributed by atoms with Crippen LogP contribution in [0.1, 0.15) is 38.2 Å². The number of para-hydroxylation sites is 1. The van der Waals surface area contributed by atoms with Crippen LogP contribution in [0, 0.1) is 11.3 Å². The predicted molar refractivity (Wildman–Crippen MR) is 137 cm³/mol. The van der Waals surface area contributed by atoms with Crippen molar-refractivity contribution >= 4 is 12.0 Å². The highest BCUT2D eigenvalue weighted by atomic mass is 16.5. The van der Waals surface area contributed by atoms with Gasteiger partial charge in [0.15, 0.2) is 0 Å². The maximum Gasteiger partial charge on any atom is 0.262 e. The second kappa shape index (κ2) is 13.7. The molecule has 182 valence electrons. The quantitative estimate of drug-likeness (QED) is 0.211. The van der Waals surface area contributed by atoms with E-state index in [1.54, 1.807) is 17.9 Å². The van der Waals surface area contributed by atoms with Crippen LogP contribution in [0.25, 0.3) is 23.0 Å². The van der Waals surface area contributed by atoms with E-state index in [4.69, 9.17) is 14.6 Å². The van der Waals surface area contributed by atoms with E-state index in [0.29, 0.717) is 31.0 Å². The second-order valence-electron chi connectivity index (χ2n) is 8.07. The summed E-state index contributed by atoms with van der Waals surface area (Å²) in [4.78, 5) is 12.5. The molecule has 35 heavy (non-hydrogen) atoms. The minimum Gasteiger partial charge on any atom is -0.494 e. The molecule has 0 aliphatic carbocycles. The lowest BCUT2D eigenvalue weighted by Gasteiger charge is -2.07. The number of methoxy groups -OCH3 is 1. The largest absolute Gasteiger partial charge is 0.494 e. The lowest BCUT2D eigenvalue weighted by atomic mass is 10.1. The monoisotopic (exact) mass is 472 g/mol. The molecule has 0 fully saturated rings. The third-order valence-electron chi connectivity index (χ3n) is 5.41. The molecule has 0 bridgehead atoms. The molecule has 1 amide bonds. The first-order valence-electron chi connectivity index (χ1n) is 11.9. The number of hydrogen-bond donors (Lipinski definition) is 1. The third kappa shape index (κ3) is 7.56. The Morgan fingerprint density at radius 3 is 2.54 bits per heavy atom. The molecule has 0 atom stereocenters. The molecule has 0 spiro atoms. The number of nitrogens with one attached hydrogen (secondary N) is 1. The molecule has 0 aliphatic heterocycles. The molecule has 1 N–H and O–H groups in total. The van der Waals surface area contributed by atoms with Gasteiger partial charge in [-0.1, -0.05) is 44.4 Å². The number of ether oxygens (including phenoxy) is 2. The van der Waals surface area contributed by atoms with Crippen molar-refractivity contribution in [1.82, 2.24) is 15.1 Å². The molecule has 0 radical (unpaired) electrons. The van der Waals surface area contributed by atoms with Crippen LogP contribution in [0.15, 0.2) is 66.4 Å². The maximum absolute atomic E-state index is 12.5. The Bertz CT molecular complexity index is 1150. The third-order valence-corrected chi connectivity index (χ3v) is 5.41. The van der Waals surface area contributed by atoms with Crippen LogP contribution < -0.4 is 10.1 Å². The Morgan fingerprint density at radius 1 is 1.09 bits per heavy atom. The van der Waals surface area contributed by atoms with Crippen LogP contribution in [-0.2, 0) is 9.53 Å². The molecule has 1 aromatic heterocycles. The fourth-order valence-corrected chi connectivity index (χ4v) is 3.52. The molecular formula is C28H32N4O3. The average Bonchev–Trinajstić information content (AvgIpc) is 3.32. The van der Waals surface area contributed by atoms with Gasteiger partial charge in [-0.15, -0.1) is 0 Å². The van der Waals surface area contributed by atoms with Crippen molar-refractivity contribution in [2.45, 2.75) is 32.6 Å². The van der Waals surface area contributed by atoms with Gasteiger partial charge in [0.2, 0.25) is 0 Å². The molecule has 7 heteroatoms. The lowest BCUT2D eigenvalue weighted by molar-refractivity contribution is -0.117. The highest BCUT2D eigenvalue weighted by molar-refractivity contribution is 6.02. The van der Waals surface area contributed by atoms with Crippen LogP contribution in [0.5, 0.6) is 5.75 Å². The zero-order chi connectivity index (χ0) is 24.9. The van der Waals surface area contributed by atoms with E-state index < -0.39 is 5.91 Å². The minimum absolute atomic E-state index is 0.00185.